The Balaban J connectivity index is 2.39. The number of nitrogens with one attached hydrogen (secondary N) is 2. The van der Waals surface area contributed by atoms with Crippen molar-refractivity contribution < 1.29 is 4.39 Å². The highest BCUT2D eigenvalue weighted by molar-refractivity contribution is 8.23. The molecular formula is C11H10FN3S2. The number of aromatic nitrogens is 1. The van der Waals surface area contributed by atoms with Crippen molar-refractivity contribution in [3.63, 3.8) is 0 Å². The van der Waals surface area contributed by atoms with Gasteiger partial charge in [0.05, 0.1) is 5.52 Å². The van der Waals surface area contributed by atoms with Gasteiger partial charge < -0.3 is 5.43 Å². The summed E-state index contributed by atoms with van der Waals surface area (Å²) in [5.41, 5.74) is 6.30. The molecular weight excluding hydrogens is 257 g/mol. The van der Waals surface area contributed by atoms with Crippen LogP contribution in [0.3, 0.4) is 0 Å². The molecule has 0 saturated heterocycles. The van der Waals surface area contributed by atoms with E-state index in [-0.39, 0.29) is 5.82 Å². The van der Waals surface area contributed by atoms with Gasteiger partial charge >= 0.3 is 0 Å². The van der Waals surface area contributed by atoms with Crippen molar-refractivity contribution in [1.82, 2.24) is 15.8 Å². The molecule has 0 atom stereocenters. The summed E-state index contributed by atoms with van der Waals surface area (Å²) in [4.78, 5) is 5.05. The van der Waals surface area contributed by atoms with E-state index >= 15 is 0 Å². The number of hydrogen-bond donors (Lipinski definition) is 2. The summed E-state index contributed by atoms with van der Waals surface area (Å²) in [6.07, 6.45) is 1.69. The Morgan fingerprint density at radius 1 is 1.41 bits per heavy atom. The summed E-state index contributed by atoms with van der Waals surface area (Å²) in [5, 5.41) is 0.762. The SMILES string of the molecule is CNNC(=S)Sc1ccnc2ccc(F)cc12. The lowest BCUT2D eigenvalue weighted by Gasteiger charge is -2.07. The first kappa shape index (κ1) is 12.2. The van der Waals surface area contributed by atoms with E-state index in [1.807, 2.05) is 6.07 Å². The topological polar surface area (TPSA) is 37.0 Å². The summed E-state index contributed by atoms with van der Waals surface area (Å²) < 4.78 is 13.8. The van der Waals surface area contributed by atoms with Crippen LogP contribution in [0.5, 0.6) is 0 Å². The molecule has 1 aromatic heterocycles. The molecule has 0 saturated carbocycles. The molecule has 88 valence electrons. The second-order valence-corrected chi connectivity index (χ2v) is 4.95. The molecule has 17 heavy (non-hydrogen) atoms. The molecule has 3 nitrogen and oxygen atoms in total. The molecule has 1 aromatic carbocycles. The van der Waals surface area contributed by atoms with Crippen molar-refractivity contribution in [2.75, 3.05) is 7.05 Å². The minimum atomic E-state index is -0.278. The highest BCUT2D eigenvalue weighted by atomic mass is 32.2. The first-order valence-electron chi connectivity index (χ1n) is 4.89. The monoisotopic (exact) mass is 267 g/mol. The van der Waals surface area contributed by atoms with Gasteiger partial charge in [-0.05, 0) is 24.3 Å². The van der Waals surface area contributed by atoms with Gasteiger partial charge in [0.15, 0.2) is 4.32 Å². The fourth-order valence-electron chi connectivity index (χ4n) is 1.41. The largest absolute Gasteiger partial charge is 0.307 e. The first-order valence-corrected chi connectivity index (χ1v) is 6.12. The Kier molecular flexibility index (Phi) is 3.88. The number of hydrazine groups is 1. The fourth-order valence-corrected chi connectivity index (χ4v) is 2.54. The van der Waals surface area contributed by atoms with Gasteiger partial charge in [0, 0.05) is 23.5 Å². The molecule has 0 unspecified atom stereocenters. The van der Waals surface area contributed by atoms with E-state index in [1.54, 1.807) is 19.3 Å². The molecule has 2 aromatic rings. The number of thioether (sulfide) groups is 1. The third-order valence-electron chi connectivity index (χ3n) is 2.09. The van der Waals surface area contributed by atoms with Crippen molar-refractivity contribution in [3.05, 3.63) is 36.3 Å². The van der Waals surface area contributed by atoms with Gasteiger partial charge in [-0.1, -0.05) is 24.0 Å². The van der Waals surface area contributed by atoms with Crippen LogP contribution in [-0.2, 0) is 0 Å². The zero-order chi connectivity index (χ0) is 12.3. The average molecular weight is 267 g/mol. The summed E-state index contributed by atoms with van der Waals surface area (Å²) in [6.45, 7) is 0. The van der Waals surface area contributed by atoms with Gasteiger partial charge in [-0.2, -0.15) is 0 Å². The molecule has 0 spiro atoms. The lowest BCUT2D eigenvalue weighted by Crippen LogP contribution is -2.30. The van der Waals surface area contributed by atoms with Crippen molar-refractivity contribution in [1.29, 1.82) is 0 Å². The maximum Gasteiger partial charge on any atom is 0.152 e. The summed E-state index contributed by atoms with van der Waals surface area (Å²) in [5.74, 6) is -0.278. The average Bonchev–Trinajstić information content (AvgIpc) is 2.30. The number of hydrogen-bond acceptors (Lipinski definition) is 4. The Morgan fingerprint density at radius 2 is 2.24 bits per heavy atom. The van der Waals surface area contributed by atoms with E-state index in [9.17, 15) is 4.39 Å². The van der Waals surface area contributed by atoms with Crippen LogP contribution in [0.4, 0.5) is 4.39 Å². The van der Waals surface area contributed by atoms with Gasteiger partial charge in [-0.3, -0.25) is 4.98 Å². The Labute approximate surface area is 108 Å². The van der Waals surface area contributed by atoms with E-state index in [1.165, 1.54) is 23.9 Å². The minimum absolute atomic E-state index is 0.278. The Bertz CT molecular complexity index is 559. The maximum atomic E-state index is 13.2. The van der Waals surface area contributed by atoms with E-state index in [4.69, 9.17) is 12.2 Å². The molecule has 2 N–H and O–H groups in total. The van der Waals surface area contributed by atoms with E-state index in [0.717, 1.165) is 15.8 Å². The third kappa shape index (κ3) is 2.91. The molecule has 0 aliphatic heterocycles. The minimum Gasteiger partial charge on any atom is -0.307 e. The van der Waals surface area contributed by atoms with E-state index in [2.05, 4.69) is 15.8 Å². The first-order chi connectivity index (χ1) is 8.20. The van der Waals surface area contributed by atoms with Crippen LogP contribution in [0.1, 0.15) is 0 Å². The van der Waals surface area contributed by atoms with Crippen molar-refractivity contribution >= 4 is 39.2 Å². The van der Waals surface area contributed by atoms with Gasteiger partial charge in [-0.25, -0.2) is 9.82 Å². The summed E-state index contributed by atoms with van der Waals surface area (Å²) in [6, 6.07) is 6.33. The summed E-state index contributed by atoms with van der Waals surface area (Å²) in [7, 11) is 1.73. The molecule has 0 bridgehead atoms. The molecule has 2 rings (SSSR count). The highest BCUT2D eigenvalue weighted by Crippen LogP contribution is 2.27. The van der Waals surface area contributed by atoms with Crippen LogP contribution < -0.4 is 10.9 Å². The van der Waals surface area contributed by atoms with Crippen LogP contribution in [0.25, 0.3) is 10.9 Å². The van der Waals surface area contributed by atoms with Gasteiger partial charge in [0.2, 0.25) is 0 Å². The second-order valence-electron chi connectivity index (χ2n) is 3.24. The standard InChI is InChI=1S/C11H10FN3S2/c1-13-15-11(16)17-10-4-5-14-9-3-2-7(12)6-8(9)10/h2-6,13H,1H3,(H,15,16). The number of rotatable bonds is 2. The highest BCUT2D eigenvalue weighted by Gasteiger charge is 2.06. The zero-order valence-electron chi connectivity index (χ0n) is 9.03. The van der Waals surface area contributed by atoms with Crippen LogP contribution >= 0.6 is 24.0 Å². The van der Waals surface area contributed by atoms with Crippen molar-refractivity contribution in [2.24, 2.45) is 0 Å². The predicted octanol–water partition coefficient (Wildman–Crippen LogP) is 2.47. The van der Waals surface area contributed by atoms with E-state index < -0.39 is 0 Å². The second kappa shape index (κ2) is 5.39. The van der Waals surface area contributed by atoms with E-state index in [0.29, 0.717) is 4.32 Å². The molecule has 0 amide bonds. The number of pyridine rings is 1. The zero-order valence-corrected chi connectivity index (χ0v) is 10.7. The Hall–Kier alpha value is -1.24. The van der Waals surface area contributed by atoms with Gasteiger partial charge in [0.1, 0.15) is 5.82 Å². The molecule has 6 heteroatoms. The maximum absolute atomic E-state index is 13.2. The molecule has 1 heterocycles. The molecule has 0 fully saturated rings. The fraction of sp³-hybridized carbons (Fsp3) is 0.0909. The number of fused-ring (bicyclic) bond motifs is 1. The summed E-state index contributed by atoms with van der Waals surface area (Å²) >= 11 is 6.46. The van der Waals surface area contributed by atoms with Crippen molar-refractivity contribution in [2.45, 2.75) is 4.90 Å². The quantitative estimate of drug-likeness (QED) is 0.497. The molecule has 0 radical (unpaired) electrons. The predicted molar refractivity (Wildman–Crippen MR) is 72.4 cm³/mol. The third-order valence-corrected chi connectivity index (χ3v) is 3.31. The van der Waals surface area contributed by atoms with Crippen LogP contribution in [0.2, 0.25) is 0 Å². The Morgan fingerprint density at radius 3 is 3.00 bits per heavy atom. The molecule has 0 aliphatic carbocycles. The van der Waals surface area contributed by atoms with Crippen LogP contribution in [-0.4, -0.2) is 16.4 Å². The normalized spacial score (nSPS) is 10.5. The smallest absolute Gasteiger partial charge is 0.152 e. The number of halogens is 1. The van der Waals surface area contributed by atoms with Crippen LogP contribution in [0, 0.1) is 5.82 Å². The molecule has 0 aliphatic rings. The number of thiocarbonyl (C=S) groups is 1. The number of nitrogens with zero attached hydrogens (tertiary/aromatic N) is 1. The lowest BCUT2D eigenvalue weighted by molar-refractivity contribution is 0.629. The van der Waals surface area contributed by atoms with Gasteiger partial charge in [-0.15, -0.1) is 0 Å². The lowest BCUT2D eigenvalue weighted by atomic mass is 10.2. The van der Waals surface area contributed by atoms with Gasteiger partial charge in [0.25, 0.3) is 0 Å². The van der Waals surface area contributed by atoms with Crippen molar-refractivity contribution in [3.8, 4) is 0 Å². The number of benzene rings is 1. The van der Waals surface area contributed by atoms with Crippen LogP contribution in [0.15, 0.2) is 35.4 Å².